The van der Waals surface area contributed by atoms with Crippen molar-refractivity contribution >= 4 is 26.7 Å². The topological polar surface area (TPSA) is 18.5 Å². The minimum atomic E-state index is 0.116. The molecular formula is C15H17BrO2. The van der Waals surface area contributed by atoms with Crippen LogP contribution in [0.15, 0.2) is 42.5 Å². The van der Waals surface area contributed by atoms with E-state index in [9.17, 15) is 0 Å². The molecule has 3 heteroatoms. The molecule has 0 N–H and O–H groups in total. The molecule has 2 nitrogen and oxygen atoms in total. The van der Waals surface area contributed by atoms with E-state index in [4.69, 9.17) is 9.47 Å². The number of hydrogen-bond donors (Lipinski definition) is 0. The van der Waals surface area contributed by atoms with Gasteiger partial charge in [0.05, 0.1) is 19.3 Å². The third-order valence-corrected chi connectivity index (χ3v) is 3.61. The first-order chi connectivity index (χ1) is 8.83. The van der Waals surface area contributed by atoms with Gasteiger partial charge in [-0.15, -0.1) is 0 Å². The zero-order chi connectivity index (χ0) is 12.8. The van der Waals surface area contributed by atoms with E-state index in [2.05, 4.69) is 58.4 Å². The second kappa shape index (κ2) is 6.88. The monoisotopic (exact) mass is 308 g/mol. The molecule has 0 aliphatic rings. The molecule has 0 saturated carbocycles. The van der Waals surface area contributed by atoms with Crippen LogP contribution in [0.25, 0.3) is 10.8 Å². The third-order valence-electron chi connectivity index (χ3n) is 2.89. The second-order valence-corrected chi connectivity index (χ2v) is 4.86. The first kappa shape index (κ1) is 13.5. The molecule has 0 radical (unpaired) electrons. The Labute approximate surface area is 116 Å². The van der Waals surface area contributed by atoms with Gasteiger partial charge in [-0.05, 0) is 22.4 Å². The summed E-state index contributed by atoms with van der Waals surface area (Å²) < 4.78 is 10.9. The van der Waals surface area contributed by atoms with Gasteiger partial charge >= 0.3 is 0 Å². The quantitative estimate of drug-likeness (QED) is 0.756. The van der Waals surface area contributed by atoms with E-state index >= 15 is 0 Å². The Morgan fingerprint density at radius 2 is 1.89 bits per heavy atom. The third kappa shape index (κ3) is 3.55. The first-order valence-electron chi connectivity index (χ1n) is 5.97. The van der Waals surface area contributed by atoms with Crippen LogP contribution >= 0.6 is 15.9 Å². The summed E-state index contributed by atoms with van der Waals surface area (Å²) in [6.07, 6.45) is 0.116. The van der Waals surface area contributed by atoms with Crippen molar-refractivity contribution in [3.05, 3.63) is 48.0 Å². The van der Waals surface area contributed by atoms with E-state index in [0.29, 0.717) is 13.2 Å². The smallest absolute Gasteiger partial charge is 0.0901 e. The molecule has 2 rings (SSSR count). The molecule has 0 aromatic heterocycles. The van der Waals surface area contributed by atoms with Gasteiger partial charge < -0.3 is 9.47 Å². The van der Waals surface area contributed by atoms with E-state index in [1.807, 2.05) is 0 Å². The van der Waals surface area contributed by atoms with Crippen LogP contribution in [0.3, 0.4) is 0 Å². The van der Waals surface area contributed by atoms with Gasteiger partial charge in [0, 0.05) is 12.4 Å². The summed E-state index contributed by atoms with van der Waals surface area (Å²) in [5, 5.41) is 3.31. The van der Waals surface area contributed by atoms with Crippen molar-refractivity contribution in [2.45, 2.75) is 12.7 Å². The maximum atomic E-state index is 5.66. The second-order valence-electron chi connectivity index (χ2n) is 4.21. The van der Waals surface area contributed by atoms with Crippen molar-refractivity contribution < 1.29 is 9.47 Å². The van der Waals surface area contributed by atoms with Crippen LogP contribution in [-0.4, -0.2) is 25.2 Å². The molecule has 0 amide bonds. The van der Waals surface area contributed by atoms with Crippen LogP contribution in [-0.2, 0) is 16.1 Å². The molecule has 0 saturated heterocycles. The highest BCUT2D eigenvalue weighted by molar-refractivity contribution is 9.09. The van der Waals surface area contributed by atoms with Crippen LogP contribution in [0.5, 0.6) is 0 Å². The lowest BCUT2D eigenvalue weighted by Crippen LogP contribution is -2.19. The molecule has 0 unspecified atom stereocenters. The minimum Gasteiger partial charge on any atom is -0.378 e. The average Bonchev–Trinajstić information content (AvgIpc) is 2.43. The van der Waals surface area contributed by atoms with Crippen molar-refractivity contribution in [3.8, 4) is 0 Å². The molecule has 0 fully saturated rings. The van der Waals surface area contributed by atoms with Crippen LogP contribution in [0, 0.1) is 0 Å². The molecule has 2 aromatic rings. The lowest BCUT2D eigenvalue weighted by Gasteiger charge is -2.12. The lowest BCUT2D eigenvalue weighted by atomic mass is 10.1. The summed E-state index contributed by atoms with van der Waals surface area (Å²) in [6, 6.07) is 14.8. The van der Waals surface area contributed by atoms with Crippen LogP contribution in [0.1, 0.15) is 5.56 Å². The predicted molar refractivity (Wildman–Crippen MR) is 78.2 cm³/mol. The highest BCUT2D eigenvalue weighted by atomic mass is 79.9. The Hall–Kier alpha value is -0.900. The van der Waals surface area contributed by atoms with Crippen molar-refractivity contribution in [1.29, 1.82) is 0 Å². The zero-order valence-corrected chi connectivity index (χ0v) is 12.0. The molecule has 0 aliphatic carbocycles. The Balaban J connectivity index is 1.95. The summed E-state index contributed by atoms with van der Waals surface area (Å²) in [4.78, 5) is 0. The van der Waals surface area contributed by atoms with Crippen LogP contribution in [0.4, 0.5) is 0 Å². The maximum absolute atomic E-state index is 5.66. The fourth-order valence-corrected chi connectivity index (χ4v) is 2.26. The number of ether oxygens (including phenoxy) is 2. The molecule has 2 aromatic carbocycles. The highest BCUT2D eigenvalue weighted by Gasteiger charge is 2.05. The predicted octanol–water partition coefficient (Wildman–Crippen LogP) is 3.77. The zero-order valence-electron chi connectivity index (χ0n) is 10.4. The van der Waals surface area contributed by atoms with Gasteiger partial charge in [0.25, 0.3) is 0 Å². The molecule has 0 bridgehead atoms. The lowest BCUT2D eigenvalue weighted by molar-refractivity contribution is 0.0147. The van der Waals surface area contributed by atoms with Gasteiger partial charge in [0.2, 0.25) is 0 Å². The Bertz CT molecular complexity index is 495. The number of fused-ring (bicyclic) bond motifs is 1. The van der Waals surface area contributed by atoms with Gasteiger partial charge in [-0.1, -0.05) is 52.3 Å². The fourth-order valence-electron chi connectivity index (χ4n) is 1.81. The van der Waals surface area contributed by atoms with Crippen molar-refractivity contribution in [2.24, 2.45) is 0 Å². The van der Waals surface area contributed by atoms with Gasteiger partial charge in [0.1, 0.15) is 0 Å². The van der Waals surface area contributed by atoms with Crippen molar-refractivity contribution in [1.82, 2.24) is 0 Å². The van der Waals surface area contributed by atoms with E-state index in [1.54, 1.807) is 7.11 Å². The van der Waals surface area contributed by atoms with Gasteiger partial charge in [0.15, 0.2) is 0 Å². The number of benzene rings is 2. The Kier molecular flexibility index (Phi) is 5.17. The average molecular weight is 309 g/mol. The van der Waals surface area contributed by atoms with Crippen molar-refractivity contribution in [3.63, 3.8) is 0 Å². The minimum absolute atomic E-state index is 0.116. The van der Waals surface area contributed by atoms with Crippen molar-refractivity contribution in [2.75, 3.05) is 19.0 Å². The van der Waals surface area contributed by atoms with E-state index in [-0.39, 0.29) is 6.10 Å². The van der Waals surface area contributed by atoms with Gasteiger partial charge in [-0.3, -0.25) is 0 Å². The van der Waals surface area contributed by atoms with E-state index < -0.39 is 0 Å². The van der Waals surface area contributed by atoms with Crippen LogP contribution < -0.4 is 0 Å². The molecule has 0 aliphatic heterocycles. The summed E-state index contributed by atoms with van der Waals surface area (Å²) >= 11 is 3.39. The Morgan fingerprint density at radius 1 is 1.11 bits per heavy atom. The fraction of sp³-hybridized carbons (Fsp3) is 0.333. The van der Waals surface area contributed by atoms with Crippen LogP contribution in [0.2, 0.25) is 0 Å². The number of rotatable bonds is 6. The molecule has 1 atom stereocenters. The number of hydrogen-bond acceptors (Lipinski definition) is 2. The standard InChI is InChI=1S/C15H17BrO2/c1-17-15(9-16)11-18-10-12-6-7-13-4-2-3-5-14(13)8-12/h2-8,15H,9-11H2,1H3/t15-/m1/s1. The van der Waals surface area contributed by atoms with Gasteiger partial charge in [-0.2, -0.15) is 0 Å². The molecule has 0 spiro atoms. The number of methoxy groups -OCH3 is 1. The largest absolute Gasteiger partial charge is 0.378 e. The van der Waals surface area contributed by atoms with Gasteiger partial charge in [-0.25, -0.2) is 0 Å². The summed E-state index contributed by atoms with van der Waals surface area (Å²) in [5.41, 5.74) is 1.19. The highest BCUT2D eigenvalue weighted by Crippen LogP contribution is 2.16. The first-order valence-corrected chi connectivity index (χ1v) is 7.10. The normalized spacial score (nSPS) is 12.8. The molecule has 18 heavy (non-hydrogen) atoms. The SMILES string of the molecule is CO[C@H](CBr)COCc1ccc2ccccc2c1. The van der Waals surface area contributed by atoms with E-state index in [1.165, 1.54) is 16.3 Å². The summed E-state index contributed by atoms with van der Waals surface area (Å²) in [6.45, 7) is 1.23. The molecular weight excluding hydrogens is 292 g/mol. The molecule has 0 heterocycles. The number of alkyl halides is 1. The molecule has 96 valence electrons. The Morgan fingerprint density at radius 3 is 2.61 bits per heavy atom. The van der Waals surface area contributed by atoms with E-state index in [0.717, 1.165) is 5.33 Å². The summed E-state index contributed by atoms with van der Waals surface area (Å²) in [7, 11) is 1.70. The summed E-state index contributed by atoms with van der Waals surface area (Å²) in [5.74, 6) is 0. The maximum Gasteiger partial charge on any atom is 0.0901 e. The number of halogens is 1.